The van der Waals surface area contributed by atoms with Crippen molar-refractivity contribution < 1.29 is 9.53 Å². The lowest BCUT2D eigenvalue weighted by atomic mass is 10.2. The summed E-state index contributed by atoms with van der Waals surface area (Å²) in [5, 5.41) is 3.34. The fourth-order valence-electron chi connectivity index (χ4n) is 2.87. The van der Waals surface area contributed by atoms with Crippen LogP contribution in [0.4, 0.5) is 10.7 Å². The standard InChI is InChI=1S/C15H21N5O2/c1-10(2)20-11-4-3-5-12(22-14(16)21)13(11)18-15(20)19-8-6-17-7-9-19/h3-5,10,17H,6-9H2,1-2H3,(H2,16,21). The third kappa shape index (κ3) is 2.59. The molecule has 1 saturated heterocycles. The van der Waals surface area contributed by atoms with Gasteiger partial charge >= 0.3 is 6.09 Å². The average molecular weight is 303 g/mol. The first-order chi connectivity index (χ1) is 10.6. The minimum atomic E-state index is -0.824. The van der Waals surface area contributed by atoms with Crippen molar-refractivity contribution in [1.29, 1.82) is 0 Å². The van der Waals surface area contributed by atoms with Crippen molar-refractivity contribution >= 4 is 23.1 Å². The maximum absolute atomic E-state index is 11.1. The number of anilines is 1. The molecule has 1 aliphatic heterocycles. The van der Waals surface area contributed by atoms with Crippen molar-refractivity contribution in [3.05, 3.63) is 18.2 Å². The van der Waals surface area contributed by atoms with Crippen molar-refractivity contribution in [1.82, 2.24) is 14.9 Å². The molecule has 1 aromatic carbocycles. The summed E-state index contributed by atoms with van der Waals surface area (Å²) in [4.78, 5) is 18.1. The number of nitrogens with one attached hydrogen (secondary N) is 1. The number of hydrogen-bond donors (Lipinski definition) is 2. The monoisotopic (exact) mass is 303 g/mol. The van der Waals surface area contributed by atoms with E-state index in [2.05, 4.69) is 28.6 Å². The van der Waals surface area contributed by atoms with E-state index >= 15 is 0 Å². The Hall–Kier alpha value is -2.28. The highest BCUT2D eigenvalue weighted by Crippen LogP contribution is 2.32. The maximum Gasteiger partial charge on any atom is 0.410 e. The number of benzene rings is 1. The van der Waals surface area contributed by atoms with Gasteiger partial charge in [-0.1, -0.05) is 6.07 Å². The van der Waals surface area contributed by atoms with Gasteiger partial charge in [0.25, 0.3) is 0 Å². The molecule has 0 aliphatic carbocycles. The van der Waals surface area contributed by atoms with Crippen LogP contribution in [0.3, 0.4) is 0 Å². The molecule has 0 spiro atoms. The fourth-order valence-corrected chi connectivity index (χ4v) is 2.87. The van der Waals surface area contributed by atoms with Gasteiger partial charge in [0.05, 0.1) is 5.52 Å². The Morgan fingerprint density at radius 1 is 1.36 bits per heavy atom. The van der Waals surface area contributed by atoms with Crippen LogP contribution >= 0.6 is 0 Å². The maximum atomic E-state index is 11.1. The first kappa shape index (κ1) is 14.6. The van der Waals surface area contributed by atoms with E-state index in [9.17, 15) is 4.79 Å². The van der Waals surface area contributed by atoms with Crippen LogP contribution < -0.4 is 20.7 Å². The molecule has 1 fully saturated rings. The molecule has 3 rings (SSSR count). The lowest BCUT2D eigenvalue weighted by Gasteiger charge is -2.29. The van der Waals surface area contributed by atoms with Crippen LogP contribution in [-0.4, -0.2) is 41.8 Å². The highest BCUT2D eigenvalue weighted by molar-refractivity contribution is 5.87. The van der Waals surface area contributed by atoms with Gasteiger partial charge in [-0.2, -0.15) is 0 Å². The van der Waals surface area contributed by atoms with E-state index in [0.29, 0.717) is 11.3 Å². The molecule has 0 unspecified atom stereocenters. The van der Waals surface area contributed by atoms with E-state index in [1.165, 1.54) is 0 Å². The van der Waals surface area contributed by atoms with Crippen molar-refractivity contribution in [2.24, 2.45) is 5.73 Å². The zero-order chi connectivity index (χ0) is 15.7. The van der Waals surface area contributed by atoms with E-state index in [0.717, 1.165) is 37.6 Å². The van der Waals surface area contributed by atoms with Crippen LogP contribution in [0.5, 0.6) is 5.75 Å². The molecule has 0 atom stereocenters. The normalized spacial score (nSPS) is 15.5. The Morgan fingerprint density at radius 3 is 2.73 bits per heavy atom. The number of carbonyl (C=O) groups excluding carboxylic acids is 1. The highest BCUT2D eigenvalue weighted by Gasteiger charge is 2.22. The number of rotatable bonds is 3. The van der Waals surface area contributed by atoms with E-state index in [1.54, 1.807) is 6.07 Å². The number of carbonyl (C=O) groups is 1. The number of primary amides is 1. The fraction of sp³-hybridized carbons (Fsp3) is 0.467. The highest BCUT2D eigenvalue weighted by atomic mass is 16.5. The summed E-state index contributed by atoms with van der Waals surface area (Å²) in [6, 6.07) is 5.80. The van der Waals surface area contributed by atoms with Gasteiger partial charge in [0, 0.05) is 32.2 Å². The Balaban J connectivity index is 2.14. The predicted molar refractivity (Wildman–Crippen MR) is 85.4 cm³/mol. The summed E-state index contributed by atoms with van der Waals surface area (Å²) in [7, 11) is 0. The number of imidazole rings is 1. The van der Waals surface area contributed by atoms with Crippen LogP contribution in [0.15, 0.2) is 18.2 Å². The molecule has 22 heavy (non-hydrogen) atoms. The smallest absolute Gasteiger partial charge is 0.408 e. The van der Waals surface area contributed by atoms with Crippen LogP contribution in [0.2, 0.25) is 0 Å². The molecule has 1 amide bonds. The summed E-state index contributed by atoms with van der Waals surface area (Å²) in [6.45, 7) is 7.92. The average Bonchev–Trinajstić information content (AvgIpc) is 2.88. The molecule has 2 aromatic rings. The second kappa shape index (κ2) is 5.84. The van der Waals surface area contributed by atoms with Crippen LogP contribution in [0.25, 0.3) is 11.0 Å². The molecule has 2 heterocycles. The third-order valence-electron chi connectivity index (χ3n) is 3.79. The molecule has 0 bridgehead atoms. The van der Waals surface area contributed by atoms with E-state index < -0.39 is 6.09 Å². The van der Waals surface area contributed by atoms with Crippen LogP contribution in [-0.2, 0) is 0 Å². The Labute approximate surface area is 129 Å². The molecular formula is C15H21N5O2. The summed E-state index contributed by atoms with van der Waals surface area (Å²) in [5.74, 6) is 1.31. The van der Waals surface area contributed by atoms with Crippen molar-refractivity contribution in [2.45, 2.75) is 19.9 Å². The Bertz CT molecular complexity index is 689. The summed E-state index contributed by atoms with van der Waals surface area (Å²) in [5.41, 5.74) is 6.77. The van der Waals surface area contributed by atoms with Gasteiger partial charge in [0.15, 0.2) is 5.75 Å². The number of para-hydroxylation sites is 1. The van der Waals surface area contributed by atoms with Crippen molar-refractivity contribution in [2.75, 3.05) is 31.1 Å². The molecular weight excluding hydrogens is 282 g/mol. The first-order valence-electron chi connectivity index (χ1n) is 7.52. The molecule has 0 radical (unpaired) electrons. The van der Waals surface area contributed by atoms with Gasteiger partial charge in [-0.15, -0.1) is 0 Å². The number of aromatic nitrogens is 2. The number of piperazine rings is 1. The lowest BCUT2D eigenvalue weighted by Crippen LogP contribution is -2.44. The van der Waals surface area contributed by atoms with Gasteiger partial charge < -0.3 is 25.3 Å². The molecule has 3 N–H and O–H groups in total. The van der Waals surface area contributed by atoms with Gasteiger partial charge in [-0.05, 0) is 26.0 Å². The predicted octanol–water partition coefficient (Wildman–Crippen LogP) is 1.48. The zero-order valence-corrected chi connectivity index (χ0v) is 12.9. The quantitative estimate of drug-likeness (QED) is 0.897. The zero-order valence-electron chi connectivity index (χ0n) is 12.9. The molecule has 1 aliphatic rings. The lowest BCUT2D eigenvalue weighted by molar-refractivity contribution is 0.211. The topological polar surface area (TPSA) is 85.4 Å². The van der Waals surface area contributed by atoms with Gasteiger partial charge in [-0.3, -0.25) is 0 Å². The van der Waals surface area contributed by atoms with Gasteiger partial charge in [-0.25, -0.2) is 9.78 Å². The van der Waals surface area contributed by atoms with Gasteiger partial charge in [0.1, 0.15) is 5.52 Å². The molecule has 7 nitrogen and oxygen atoms in total. The second-order valence-electron chi connectivity index (χ2n) is 5.66. The number of ether oxygens (including phenoxy) is 1. The third-order valence-corrected chi connectivity index (χ3v) is 3.79. The summed E-state index contributed by atoms with van der Waals surface area (Å²) in [6.07, 6.45) is -0.824. The molecule has 118 valence electrons. The van der Waals surface area contributed by atoms with Crippen molar-refractivity contribution in [3.8, 4) is 5.75 Å². The molecule has 7 heteroatoms. The minimum Gasteiger partial charge on any atom is -0.408 e. The van der Waals surface area contributed by atoms with E-state index in [4.69, 9.17) is 15.5 Å². The number of amides is 1. The number of nitrogens with two attached hydrogens (primary N) is 1. The molecule has 1 aromatic heterocycles. The summed E-state index contributed by atoms with van der Waals surface area (Å²) >= 11 is 0. The van der Waals surface area contributed by atoms with Crippen LogP contribution in [0.1, 0.15) is 19.9 Å². The SMILES string of the molecule is CC(C)n1c(N2CCNCC2)nc2c(OC(N)=O)cccc21. The van der Waals surface area contributed by atoms with Gasteiger partial charge in [0.2, 0.25) is 5.95 Å². The summed E-state index contributed by atoms with van der Waals surface area (Å²) < 4.78 is 7.27. The van der Waals surface area contributed by atoms with E-state index in [-0.39, 0.29) is 6.04 Å². The first-order valence-corrected chi connectivity index (χ1v) is 7.52. The number of nitrogens with zero attached hydrogens (tertiary/aromatic N) is 3. The largest absolute Gasteiger partial charge is 0.410 e. The number of hydrogen-bond acceptors (Lipinski definition) is 5. The number of fused-ring (bicyclic) bond motifs is 1. The Kier molecular flexibility index (Phi) is 3.89. The second-order valence-corrected chi connectivity index (χ2v) is 5.66. The van der Waals surface area contributed by atoms with Crippen molar-refractivity contribution in [3.63, 3.8) is 0 Å². The minimum absolute atomic E-state index is 0.249. The Morgan fingerprint density at radius 2 is 2.09 bits per heavy atom. The van der Waals surface area contributed by atoms with E-state index in [1.807, 2.05) is 12.1 Å². The van der Waals surface area contributed by atoms with Crippen LogP contribution in [0, 0.1) is 0 Å². The molecule has 0 saturated carbocycles.